The number of halogens is 3. The summed E-state index contributed by atoms with van der Waals surface area (Å²) in [4.78, 5) is 21.7. The minimum absolute atomic E-state index is 0.106. The monoisotopic (exact) mass is 477 g/mol. The van der Waals surface area contributed by atoms with Gasteiger partial charge in [-0.2, -0.15) is 13.8 Å². The molecule has 3 heterocycles. The van der Waals surface area contributed by atoms with Gasteiger partial charge in [0.15, 0.2) is 5.82 Å². The summed E-state index contributed by atoms with van der Waals surface area (Å²) < 4.78 is 38.5. The van der Waals surface area contributed by atoms with Gasteiger partial charge in [0.2, 0.25) is 5.82 Å². The molecule has 7 nitrogen and oxygen atoms in total. The second-order valence-electron chi connectivity index (χ2n) is 8.54. The largest absolute Gasteiger partial charge is 0.481 e. The Morgan fingerprint density at radius 3 is 2.85 bits per heavy atom. The average molecular weight is 478 g/mol. The molecule has 0 saturated carbocycles. The molecule has 2 aromatic heterocycles. The van der Waals surface area contributed by atoms with Crippen molar-refractivity contribution in [3.63, 3.8) is 0 Å². The number of hydrogen-bond acceptors (Lipinski definition) is 6. The molecule has 0 unspecified atom stereocenters. The summed E-state index contributed by atoms with van der Waals surface area (Å²) in [5.41, 5.74) is 0.689. The van der Waals surface area contributed by atoms with Crippen molar-refractivity contribution in [2.45, 2.75) is 26.9 Å². The lowest BCUT2D eigenvalue weighted by Crippen LogP contribution is -2.41. The van der Waals surface area contributed by atoms with Crippen LogP contribution in [0, 0.1) is 17.2 Å². The van der Waals surface area contributed by atoms with Gasteiger partial charge in [-0.1, -0.05) is 23.7 Å². The Kier molecular flexibility index (Phi) is 6.36. The van der Waals surface area contributed by atoms with Gasteiger partial charge in [0, 0.05) is 36.7 Å². The van der Waals surface area contributed by atoms with E-state index in [9.17, 15) is 18.7 Å². The molecule has 0 fully saturated rings. The van der Waals surface area contributed by atoms with Gasteiger partial charge in [-0.05, 0) is 31.9 Å². The van der Waals surface area contributed by atoms with Crippen LogP contribution < -0.4 is 4.74 Å². The first kappa shape index (κ1) is 23.1. The van der Waals surface area contributed by atoms with Gasteiger partial charge >= 0.3 is 5.97 Å². The zero-order valence-corrected chi connectivity index (χ0v) is 18.8. The maximum Gasteiger partial charge on any atom is 0.310 e. The van der Waals surface area contributed by atoms with E-state index in [4.69, 9.17) is 20.8 Å². The van der Waals surface area contributed by atoms with Crippen LogP contribution in [0.2, 0.25) is 5.02 Å². The molecule has 0 atom stereocenters. The third-order valence-electron chi connectivity index (χ3n) is 5.54. The molecule has 0 amide bonds. The summed E-state index contributed by atoms with van der Waals surface area (Å²) in [6.45, 7) is 4.85. The van der Waals surface area contributed by atoms with Crippen LogP contribution in [0.5, 0.6) is 5.88 Å². The Hall–Kier alpha value is -3.04. The molecular formula is C23H22ClF2N3O4. The highest BCUT2D eigenvalue weighted by Crippen LogP contribution is 2.30. The predicted molar refractivity (Wildman–Crippen MR) is 118 cm³/mol. The number of aliphatic carboxylic acids is 1. The highest BCUT2D eigenvalue weighted by molar-refractivity contribution is 6.35. The first-order valence-corrected chi connectivity index (χ1v) is 10.7. The highest BCUT2D eigenvalue weighted by Gasteiger charge is 2.30. The Morgan fingerprint density at radius 1 is 1.36 bits per heavy atom. The first-order chi connectivity index (χ1) is 15.6. The second-order valence-corrected chi connectivity index (χ2v) is 8.95. The molecule has 10 heteroatoms. The lowest BCUT2D eigenvalue weighted by Gasteiger charge is -2.31. The molecule has 0 radical (unpaired) electrons. The van der Waals surface area contributed by atoms with Crippen molar-refractivity contribution in [1.82, 2.24) is 14.9 Å². The van der Waals surface area contributed by atoms with Gasteiger partial charge in [0.1, 0.15) is 12.2 Å². The number of aromatic nitrogens is 2. The second kappa shape index (κ2) is 9.07. The molecule has 0 bridgehead atoms. The molecule has 1 N–H and O–H groups in total. The van der Waals surface area contributed by atoms with Crippen LogP contribution in [-0.4, -0.2) is 45.6 Å². The quantitative estimate of drug-likeness (QED) is 0.516. The normalized spacial score (nSPS) is 15.0. The average Bonchev–Trinajstić information content (AvgIpc) is 3.17. The maximum atomic E-state index is 14.3. The minimum atomic E-state index is -0.858. The molecule has 1 aliphatic rings. The molecular weight excluding hydrogens is 456 g/mol. The molecule has 1 aliphatic heterocycles. The zero-order valence-electron chi connectivity index (χ0n) is 18.1. The third kappa shape index (κ3) is 4.99. The highest BCUT2D eigenvalue weighted by atomic mass is 35.5. The lowest BCUT2D eigenvalue weighted by molar-refractivity contribution is -0.147. The Balaban J connectivity index is 1.48. The van der Waals surface area contributed by atoms with Gasteiger partial charge in [0.25, 0.3) is 11.9 Å². The Morgan fingerprint density at radius 2 is 2.15 bits per heavy atom. The number of rotatable bonds is 7. The summed E-state index contributed by atoms with van der Waals surface area (Å²) in [5.74, 6) is -1.47. The molecule has 174 valence electrons. The summed E-state index contributed by atoms with van der Waals surface area (Å²) in [7, 11) is 0. The minimum Gasteiger partial charge on any atom is -0.481 e. The van der Waals surface area contributed by atoms with Crippen LogP contribution in [-0.2, 0) is 11.4 Å². The van der Waals surface area contributed by atoms with Crippen molar-refractivity contribution in [3.05, 3.63) is 58.7 Å². The van der Waals surface area contributed by atoms with Crippen LogP contribution in [0.1, 0.15) is 31.7 Å². The van der Waals surface area contributed by atoms with Crippen molar-refractivity contribution in [3.8, 4) is 5.88 Å². The summed E-state index contributed by atoms with van der Waals surface area (Å²) >= 11 is 6.07. The number of ether oxygens (including phenoxy) is 1. The fourth-order valence-corrected chi connectivity index (χ4v) is 3.87. The molecule has 1 aromatic carbocycles. The standard InChI is InChI=1S/C23H22ClF2N3O4/c1-23(2,22(30)31)12-29-7-5-13(6-8-29)20-27-10-17(25)21(28-20)32-11-14-3-4-16(24)15-9-18(26)33-19(14)15/h3-5,9-10H,6-8,11-12H2,1-2H3,(H,30,31). The van der Waals surface area contributed by atoms with Crippen molar-refractivity contribution in [2.24, 2.45) is 5.41 Å². The molecule has 0 saturated heterocycles. The van der Waals surface area contributed by atoms with E-state index in [1.54, 1.807) is 26.0 Å². The molecule has 0 aliphatic carbocycles. The van der Waals surface area contributed by atoms with Crippen LogP contribution in [0.4, 0.5) is 8.78 Å². The van der Waals surface area contributed by atoms with Crippen LogP contribution in [0.25, 0.3) is 16.5 Å². The van der Waals surface area contributed by atoms with E-state index in [2.05, 4.69) is 9.97 Å². The van der Waals surface area contributed by atoms with Gasteiger partial charge in [-0.15, -0.1) is 0 Å². The van der Waals surface area contributed by atoms with Gasteiger partial charge < -0.3 is 14.3 Å². The van der Waals surface area contributed by atoms with E-state index < -0.39 is 23.2 Å². The van der Waals surface area contributed by atoms with E-state index in [1.165, 1.54) is 6.07 Å². The number of carbonyl (C=O) groups is 1. The van der Waals surface area contributed by atoms with Gasteiger partial charge in [-0.25, -0.2) is 4.98 Å². The zero-order chi connectivity index (χ0) is 23.8. The molecule has 3 aromatic rings. The third-order valence-corrected chi connectivity index (χ3v) is 5.87. The SMILES string of the molecule is CC(C)(CN1CC=C(c2ncc(F)c(OCc3ccc(Cl)c4cc(F)oc34)n2)CC1)C(=O)O. The summed E-state index contributed by atoms with van der Waals surface area (Å²) in [6, 6.07) is 3.61. The van der Waals surface area contributed by atoms with Gasteiger partial charge in [-0.3, -0.25) is 9.69 Å². The fourth-order valence-electron chi connectivity index (χ4n) is 3.67. The van der Waals surface area contributed by atoms with Crippen LogP contribution >= 0.6 is 11.6 Å². The molecule has 33 heavy (non-hydrogen) atoms. The van der Waals surface area contributed by atoms with Crippen molar-refractivity contribution in [2.75, 3.05) is 19.6 Å². The number of hydrogen-bond donors (Lipinski definition) is 1. The number of nitrogens with zero attached hydrogens (tertiary/aromatic N) is 3. The number of carboxylic acid groups (broad SMARTS) is 1. The topological polar surface area (TPSA) is 88.7 Å². The number of carboxylic acids is 1. The van der Waals surface area contributed by atoms with E-state index in [0.717, 1.165) is 11.8 Å². The number of fused-ring (bicyclic) bond motifs is 1. The molecule has 0 spiro atoms. The van der Waals surface area contributed by atoms with Crippen LogP contribution in [0.3, 0.4) is 0 Å². The van der Waals surface area contributed by atoms with Crippen molar-refractivity contribution < 1.29 is 27.8 Å². The van der Waals surface area contributed by atoms with Crippen molar-refractivity contribution >= 4 is 34.1 Å². The first-order valence-electron chi connectivity index (χ1n) is 10.3. The smallest absolute Gasteiger partial charge is 0.310 e. The van der Waals surface area contributed by atoms with E-state index in [1.807, 2.05) is 11.0 Å². The Bertz CT molecular complexity index is 1240. The van der Waals surface area contributed by atoms with Crippen LogP contribution in [0.15, 0.2) is 34.9 Å². The predicted octanol–water partition coefficient (Wildman–Crippen LogP) is 4.93. The van der Waals surface area contributed by atoms with E-state index >= 15 is 0 Å². The molecule has 4 rings (SSSR count). The summed E-state index contributed by atoms with van der Waals surface area (Å²) in [5, 5.41) is 10.1. The van der Waals surface area contributed by atoms with Gasteiger partial charge in [0.05, 0.1) is 16.6 Å². The van der Waals surface area contributed by atoms with E-state index in [0.29, 0.717) is 47.9 Å². The fraction of sp³-hybridized carbons (Fsp3) is 0.348. The Labute approximate surface area is 193 Å². The number of furan rings is 1. The summed E-state index contributed by atoms with van der Waals surface area (Å²) in [6.07, 6.45) is 3.54. The van der Waals surface area contributed by atoms with Crippen molar-refractivity contribution in [1.29, 1.82) is 0 Å². The lowest BCUT2D eigenvalue weighted by atomic mass is 9.92. The van der Waals surface area contributed by atoms with E-state index in [-0.39, 0.29) is 18.1 Å². The number of benzene rings is 1. The maximum absolute atomic E-state index is 14.3.